The lowest BCUT2D eigenvalue weighted by atomic mass is 9.81. The summed E-state index contributed by atoms with van der Waals surface area (Å²) in [5.74, 6) is -2.87. The molecule has 0 aromatic carbocycles. The van der Waals surface area contributed by atoms with Crippen molar-refractivity contribution in [1.82, 2.24) is 5.32 Å². The number of nitrogens with zero attached hydrogens (tertiary/aromatic N) is 1. The standard InChI is InChI=1S/C11H17F3N2O4/c1-10(2,18)9(17)15-6-3-4-8(16(19)20)7(5-6)11(12,13)14/h6-8,18H,3-5H2,1-2H3,(H,15,17). The highest BCUT2D eigenvalue weighted by atomic mass is 19.4. The van der Waals surface area contributed by atoms with Gasteiger partial charge in [-0.05, 0) is 26.7 Å². The summed E-state index contributed by atoms with van der Waals surface area (Å²) in [6.07, 6.45) is -5.40. The molecule has 9 heteroatoms. The van der Waals surface area contributed by atoms with Crippen molar-refractivity contribution in [2.24, 2.45) is 5.92 Å². The van der Waals surface area contributed by atoms with Gasteiger partial charge in [-0.2, -0.15) is 13.2 Å². The molecule has 0 radical (unpaired) electrons. The quantitative estimate of drug-likeness (QED) is 0.606. The molecule has 1 aliphatic rings. The van der Waals surface area contributed by atoms with Gasteiger partial charge >= 0.3 is 6.18 Å². The van der Waals surface area contributed by atoms with E-state index in [0.717, 1.165) is 0 Å². The summed E-state index contributed by atoms with van der Waals surface area (Å²) >= 11 is 0. The molecule has 3 unspecified atom stereocenters. The van der Waals surface area contributed by atoms with Gasteiger partial charge in [0.25, 0.3) is 5.91 Å². The fourth-order valence-corrected chi connectivity index (χ4v) is 2.25. The van der Waals surface area contributed by atoms with Crippen LogP contribution < -0.4 is 5.32 Å². The number of hydrogen-bond donors (Lipinski definition) is 2. The molecule has 3 atom stereocenters. The maximum atomic E-state index is 12.8. The zero-order valence-electron chi connectivity index (χ0n) is 11.1. The summed E-state index contributed by atoms with van der Waals surface area (Å²) < 4.78 is 38.5. The third kappa shape index (κ3) is 4.06. The first-order valence-electron chi connectivity index (χ1n) is 6.16. The lowest BCUT2D eigenvalue weighted by molar-refractivity contribution is -0.545. The Labute approximate surface area is 113 Å². The third-order valence-electron chi connectivity index (χ3n) is 3.40. The molecule has 2 N–H and O–H groups in total. The van der Waals surface area contributed by atoms with Crippen LogP contribution in [0.25, 0.3) is 0 Å². The highest BCUT2D eigenvalue weighted by molar-refractivity contribution is 5.84. The first-order chi connectivity index (χ1) is 8.93. The van der Waals surface area contributed by atoms with Crippen LogP contribution in [-0.2, 0) is 4.79 Å². The minimum absolute atomic E-state index is 0.0834. The van der Waals surface area contributed by atoms with Crippen LogP contribution in [0.4, 0.5) is 13.2 Å². The lowest BCUT2D eigenvalue weighted by Gasteiger charge is -2.33. The van der Waals surface area contributed by atoms with Gasteiger partial charge in [0.1, 0.15) is 11.5 Å². The van der Waals surface area contributed by atoms with Crippen LogP contribution in [-0.4, -0.2) is 39.8 Å². The van der Waals surface area contributed by atoms with Gasteiger partial charge in [0.15, 0.2) is 0 Å². The summed E-state index contributed by atoms with van der Waals surface area (Å²) in [6.45, 7) is 2.43. The Hall–Kier alpha value is -1.38. The maximum absolute atomic E-state index is 12.8. The van der Waals surface area contributed by atoms with Crippen LogP contribution >= 0.6 is 0 Å². The number of alkyl halides is 3. The molecule has 6 nitrogen and oxygen atoms in total. The van der Waals surface area contributed by atoms with Gasteiger partial charge < -0.3 is 10.4 Å². The molecule has 0 spiro atoms. The van der Waals surface area contributed by atoms with Crippen LogP contribution in [0, 0.1) is 16.0 Å². The van der Waals surface area contributed by atoms with E-state index in [-0.39, 0.29) is 12.8 Å². The molecule has 0 heterocycles. The van der Waals surface area contributed by atoms with Gasteiger partial charge in [0.2, 0.25) is 6.04 Å². The number of carbonyl (C=O) groups is 1. The lowest BCUT2D eigenvalue weighted by Crippen LogP contribution is -2.52. The maximum Gasteiger partial charge on any atom is 0.398 e. The van der Waals surface area contributed by atoms with E-state index in [1.807, 2.05) is 0 Å². The number of aliphatic hydroxyl groups is 1. The second-order valence-corrected chi connectivity index (χ2v) is 5.54. The van der Waals surface area contributed by atoms with Crippen molar-refractivity contribution < 1.29 is 28.0 Å². The largest absolute Gasteiger partial charge is 0.398 e. The molecule has 0 aliphatic heterocycles. The molecular weight excluding hydrogens is 281 g/mol. The summed E-state index contributed by atoms with van der Waals surface area (Å²) in [5, 5.41) is 22.4. The predicted octanol–water partition coefficient (Wildman–Crippen LogP) is 1.25. The minimum Gasteiger partial charge on any atom is -0.381 e. The van der Waals surface area contributed by atoms with Crippen LogP contribution in [0.15, 0.2) is 0 Å². The van der Waals surface area contributed by atoms with Crippen molar-refractivity contribution in [3.8, 4) is 0 Å². The molecule has 0 aromatic heterocycles. The van der Waals surface area contributed by atoms with Gasteiger partial charge in [-0.1, -0.05) is 0 Å². The number of halogens is 3. The van der Waals surface area contributed by atoms with Crippen LogP contribution in [0.3, 0.4) is 0 Å². The first-order valence-corrected chi connectivity index (χ1v) is 6.16. The normalized spacial score (nSPS) is 28.0. The number of rotatable bonds is 3. The molecule has 0 saturated heterocycles. The number of hydrogen-bond acceptors (Lipinski definition) is 4. The SMILES string of the molecule is CC(C)(O)C(=O)NC1CCC([N+](=O)[O-])C(C(F)(F)F)C1. The molecule has 1 saturated carbocycles. The Morgan fingerprint density at radius 3 is 2.30 bits per heavy atom. The number of nitro groups is 1. The average molecular weight is 298 g/mol. The van der Waals surface area contributed by atoms with Crippen molar-refractivity contribution in [2.75, 3.05) is 0 Å². The number of nitrogens with one attached hydrogen (secondary N) is 1. The van der Waals surface area contributed by atoms with E-state index >= 15 is 0 Å². The van der Waals surface area contributed by atoms with E-state index in [0.29, 0.717) is 0 Å². The fourth-order valence-electron chi connectivity index (χ4n) is 2.25. The summed E-state index contributed by atoms with van der Waals surface area (Å²) in [4.78, 5) is 21.3. The van der Waals surface area contributed by atoms with Crippen LogP contribution in [0.1, 0.15) is 33.1 Å². The van der Waals surface area contributed by atoms with Crippen molar-refractivity contribution >= 4 is 5.91 Å². The van der Waals surface area contributed by atoms with Gasteiger partial charge in [0, 0.05) is 17.4 Å². The van der Waals surface area contributed by atoms with Crippen molar-refractivity contribution in [1.29, 1.82) is 0 Å². The summed E-state index contributed by atoms with van der Waals surface area (Å²) in [5.41, 5.74) is -1.70. The van der Waals surface area contributed by atoms with Crippen molar-refractivity contribution in [3.05, 3.63) is 10.1 Å². The highest BCUT2D eigenvalue weighted by Gasteiger charge is 2.53. The zero-order chi connectivity index (χ0) is 15.7. The fraction of sp³-hybridized carbons (Fsp3) is 0.909. The number of carbonyl (C=O) groups excluding carboxylic acids is 1. The average Bonchev–Trinajstić information content (AvgIpc) is 2.26. The third-order valence-corrected chi connectivity index (χ3v) is 3.40. The van der Waals surface area contributed by atoms with Gasteiger partial charge in [-0.15, -0.1) is 0 Å². The topological polar surface area (TPSA) is 92.5 Å². The van der Waals surface area contributed by atoms with E-state index in [4.69, 9.17) is 0 Å². The summed E-state index contributed by atoms with van der Waals surface area (Å²) in [7, 11) is 0. The Morgan fingerprint density at radius 1 is 1.35 bits per heavy atom. The van der Waals surface area contributed by atoms with Gasteiger partial charge in [-0.25, -0.2) is 0 Å². The van der Waals surface area contributed by atoms with E-state index in [2.05, 4.69) is 5.32 Å². The molecule has 1 amide bonds. The summed E-state index contributed by atoms with van der Waals surface area (Å²) in [6, 6.07) is -2.50. The molecule has 1 rings (SSSR count). The molecule has 1 fully saturated rings. The minimum atomic E-state index is -4.68. The molecule has 20 heavy (non-hydrogen) atoms. The monoisotopic (exact) mass is 298 g/mol. The molecule has 0 aromatic rings. The Kier molecular flexibility index (Phi) is 4.62. The second kappa shape index (κ2) is 5.55. The van der Waals surface area contributed by atoms with Crippen molar-refractivity contribution in [3.63, 3.8) is 0 Å². The highest BCUT2D eigenvalue weighted by Crippen LogP contribution is 2.39. The Morgan fingerprint density at radius 2 is 1.90 bits per heavy atom. The van der Waals surface area contributed by atoms with E-state index in [1.165, 1.54) is 13.8 Å². The first kappa shape index (κ1) is 16.7. The second-order valence-electron chi connectivity index (χ2n) is 5.54. The Bertz CT molecular complexity index is 392. The zero-order valence-corrected chi connectivity index (χ0v) is 11.1. The predicted molar refractivity (Wildman–Crippen MR) is 62.4 cm³/mol. The smallest absolute Gasteiger partial charge is 0.381 e. The molecular formula is C11H17F3N2O4. The Balaban J connectivity index is 2.77. The van der Waals surface area contributed by atoms with Crippen LogP contribution in [0.5, 0.6) is 0 Å². The molecule has 1 aliphatic carbocycles. The van der Waals surface area contributed by atoms with E-state index < -0.39 is 47.0 Å². The van der Waals surface area contributed by atoms with Gasteiger partial charge in [-0.3, -0.25) is 14.9 Å². The number of amides is 1. The molecule has 0 bridgehead atoms. The molecule has 116 valence electrons. The van der Waals surface area contributed by atoms with E-state index in [1.54, 1.807) is 0 Å². The van der Waals surface area contributed by atoms with E-state index in [9.17, 15) is 33.2 Å². The van der Waals surface area contributed by atoms with Gasteiger partial charge in [0.05, 0.1) is 0 Å². The van der Waals surface area contributed by atoms with Crippen LogP contribution in [0.2, 0.25) is 0 Å². The van der Waals surface area contributed by atoms with Crippen molar-refractivity contribution in [2.45, 2.75) is 57.0 Å².